The lowest BCUT2D eigenvalue weighted by Gasteiger charge is -2.06. The molecule has 0 saturated heterocycles. The molecule has 0 aliphatic carbocycles. The van der Waals surface area contributed by atoms with Gasteiger partial charge in [-0.3, -0.25) is 4.79 Å². The highest BCUT2D eigenvalue weighted by atomic mass is 79.9. The van der Waals surface area contributed by atoms with Crippen LogP contribution in [0.2, 0.25) is 5.02 Å². The number of methoxy groups -OCH3 is 1. The molecule has 0 spiro atoms. The van der Waals surface area contributed by atoms with Crippen LogP contribution in [0.25, 0.3) is 11.6 Å². The Morgan fingerprint density at radius 3 is 2.81 bits per heavy atom. The van der Waals surface area contributed by atoms with Crippen molar-refractivity contribution in [2.75, 3.05) is 12.4 Å². The first-order chi connectivity index (χ1) is 10.1. The van der Waals surface area contributed by atoms with Crippen LogP contribution in [0.1, 0.15) is 11.1 Å². The van der Waals surface area contributed by atoms with Crippen molar-refractivity contribution in [1.29, 1.82) is 0 Å². The lowest BCUT2D eigenvalue weighted by molar-refractivity contribution is -0.110. The first-order valence-corrected chi connectivity index (χ1v) is 7.42. The minimum absolute atomic E-state index is 0.144. The van der Waals surface area contributed by atoms with Crippen LogP contribution in [0, 0.1) is 0 Å². The monoisotopic (exact) mass is 363 g/mol. The van der Waals surface area contributed by atoms with Gasteiger partial charge in [-0.15, -0.1) is 0 Å². The van der Waals surface area contributed by atoms with Crippen molar-refractivity contribution in [3.63, 3.8) is 0 Å². The predicted octanol–water partition coefficient (Wildman–Crippen LogP) is 4.60. The number of carbonyl (C=O) groups is 1. The van der Waals surface area contributed by atoms with Gasteiger partial charge < -0.3 is 10.1 Å². The van der Waals surface area contributed by atoms with Gasteiger partial charge in [0, 0.05) is 31.9 Å². The Morgan fingerprint density at radius 1 is 1.24 bits per heavy atom. The third-order valence-electron chi connectivity index (χ3n) is 3.26. The minimum Gasteiger partial charge on any atom is -0.496 e. The minimum atomic E-state index is -0.144. The summed E-state index contributed by atoms with van der Waals surface area (Å²) in [4.78, 5) is 12.2. The molecule has 3 rings (SSSR count). The average Bonchev–Trinajstić information content (AvgIpc) is 2.75. The standard InChI is InChI=1S/C16H11BrClNO2/c1-21-15-5-2-10(17)6-9(15)7-13-12-8-11(18)3-4-14(12)19-16(13)20/h2-8H,1H3,(H,19,20). The number of hydrogen-bond acceptors (Lipinski definition) is 2. The van der Waals surface area contributed by atoms with E-state index >= 15 is 0 Å². The Bertz CT molecular complexity index is 771. The van der Waals surface area contributed by atoms with E-state index in [1.807, 2.05) is 18.2 Å². The number of halogens is 2. The lowest BCUT2D eigenvalue weighted by Crippen LogP contribution is -2.03. The number of hydrogen-bond donors (Lipinski definition) is 1. The van der Waals surface area contributed by atoms with E-state index in [4.69, 9.17) is 16.3 Å². The average molecular weight is 365 g/mol. The Hall–Kier alpha value is -1.78. The zero-order valence-corrected chi connectivity index (χ0v) is 13.5. The molecule has 1 N–H and O–H groups in total. The number of nitrogens with one attached hydrogen (secondary N) is 1. The van der Waals surface area contributed by atoms with Gasteiger partial charge in [0.2, 0.25) is 0 Å². The summed E-state index contributed by atoms with van der Waals surface area (Å²) in [6, 6.07) is 11.0. The highest BCUT2D eigenvalue weighted by Gasteiger charge is 2.24. The molecule has 5 heteroatoms. The molecule has 0 aromatic heterocycles. The molecule has 1 aliphatic heterocycles. The maximum Gasteiger partial charge on any atom is 0.256 e. The first kappa shape index (κ1) is 14.2. The number of fused-ring (bicyclic) bond motifs is 1. The van der Waals surface area contributed by atoms with E-state index in [2.05, 4.69) is 21.2 Å². The summed E-state index contributed by atoms with van der Waals surface area (Å²) in [6.45, 7) is 0. The van der Waals surface area contributed by atoms with Crippen molar-refractivity contribution in [3.8, 4) is 5.75 Å². The fourth-order valence-electron chi connectivity index (χ4n) is 2.28. The number of benzene rings is 2. The number of ether oxygens (including phenoxy) is 1. The van der Waals surface area contributed by atoms with Gasteiger partial charge in [-0.1, -0.05) is 27.5 Å². The molecule has 0 fully saturated rings. The highest BCUT2D eigenvalue weighted by Crippen LogP contribution is 2.36. The molecule has 3 nitrogen and oxygen atoms in total. The summed E-state index contributed by atoms with van der Waals surface area (Å²) in [5.41, 5.74) is 2.97. The van der Waals surface area contributed by atoms with Crippen LogP contribution in [0.5, 0.6) is 5.75 Å². The van der Waals surface area contributed by atoms with Crippen LogP contribution < -0.4 is 10.1 Å². The van der Waals surface area contributed by atoms with Crippen LogP contribution in [0.3, 0.4) is 0 Å². The molecule has 2 aromatic carbocycles. The van der Waals surface area contributed by atoms with Crippen molar-refractivity contribution in [1.82, 2.24) is 0 Å². The Kier molecular flexibility index (Phi) is 3.74. The zero-order valence-electron chi connectivity index (χ0n) is 11.1. The molecule has 0 atom stereocenters. The van der Waals surface area contributed by atoms with Gasteiger partial charge in [-0.05, 0) is 42.5 Å². The summed E-state index contributed by atoms with van der Waals surface area (Å²) in [7, 11) is 1.60. The van der Waals surface area contributed by atoms with Crippen LogP contribution >= 0.6 is 27.5 Å². The van der Waals surface area contributed by atoms with E-state index < -0.39 is 0 Å². The quantitative estimate of drug-likeness (QED) is 0.791. The summed E-state index contributed by atoms with van der Waals surface area (Å²) in [6.07, 6.45) is 1.81. The fraction of sp³-hybridized carbons (Fsp3) is 0.0625. The third kappa shape index (κ3) is 2.69. The van der Waals surface area contributed by atoms with Gasteiger partial charge >= 0.3 is 0 Å². The van der Waals surface area contributed by atoms with Crippen molar-refractivity contribution >= 4 is 50.8 Å². The molecular formula is C16H11BrClNO2. The van der Waals surface area contributed by atoms with Crippen molar-refractivity contribution < 1.29 is 9.53 Å². The predicted molar refractivity (Wildman–Crippen MR) is 88.6 cm³/mol. The molecule has 0 radical (unpaired) electrons. The molecule has 0 saturated carbocycles. The normalized spacial score (nSPS) is 15.0. The first-order valence-electron chi connectivity index (χ1n) is 6.25. The SMILES string of the molecule is COc1ccc(Br)cc1C=C1C(=O)Nc2ccc(Cl)cc21. The number of rotatable bonds is 2. The van der Waals surface area contributed by atoms with Gasteiger partial charge in [0.25, 0.3) is 5.91 Å². The largest absolute Gasteiger partial charge is 0.496 e. The number of amides is 1. The van der Waals surface area contributed by atoms with Crippen LogP contribution in [0.15, 0.2) is 40.9 Å². The van der Waals surface area contributed by atoms with Crippen LogP contribution in [0.4, 0.5) is 5.69 Å². The van der Waals surface area contributed by atoms with Crippen molar-refractivity contribution in [3.05, 3.63) is 57.0 Å². The topological polar surface area (TPSA) is 38.3 Å². The highest BCUT2D eigenvalue weighted by molar-refractivity contribution is 9.10. The molecule has 1 heterocycles. The summed E-state index contributed by atoms with van der Waals surface area (Å²) in [5, 5.41) is 3.42. The van der Waals surface area contributed by atoms with Crippen molar-refractivity contribution in [2.24, 2.45) is 0 Å². The van der Waals surface area contributed by atoms with E-state index in [1.165, 1.54) is 0 Å². The maximum absolute atomic E-state index is 12.2. The second-order valence-electron chi connectivity index (χ2n) is 4.59. The maximum atomic E-state index is 12.2. The molecular weight excluding hydrogens is 354 g/mol. The van der Waals surface area contributed by atoms with Crippen molar-refractivity contribution in [2.45, 2.75) is 0 Å². The lowest BCUT2D eigenvalue weighted by atomic mass is 10.0. The van der Waals surface area contributed by atoms with E-state index in [-0.39, 0.29) is 5.91 Å². The smallest absolute Gasteiger partial charge is 0.256 e. The second kappa shape index (κ2) is 5.54. The molecule has 106 valence electrons. The van der Waals surface area contributed by atoms with E-state index in [1.54, 1.807) is 31.4 Å². The van der Waals surface area contributed by atoms with E-state index in [0.29, 0.717) is 16.3 Å². The van der Waals surface area contributed by atoms with E-state index in [0.717, 1.165) is 21.3 Å². The summed E-state index contributed by atoms with van der Waals surface area (Å²) in [5.74, 6) is 0.559. The summed E-state index contributed by atoms with van der Waals surface area (Å²) >= 11 is 9.45. The molecule has 1 amide bonds. The molecule has 21 heavy (non-hydrogen) atoms. The zero-order chi connectivity index (χ0) is 15.0. The van der Waals surface area contributed by atoms with Crippen LogP contribution in [-0.4, -0.2) is 13.0 Å². The van der Waals surface area contributed by atoms with Gasteiger partial charge in [-0.2, -0.15) is 0 Å². The number of anilines is 1. The summed E-state index contributed by atoms with van der Waals surface area (Å²) < 4.78 is 6.25. The van der Waals surface area contributed by atoms with Gasteiger partial charge in [0.15, 0.2) is 0 Å². The third-order valence-corrected chi connectivity index (χ3v) is 3.98. The Labute approximate surface area is 135 Å². The van der Waals surface area contributed by atoms with E-state index in [9.17, 15) is 4.79 Å². The van der Waals surface area contributed by atoms with Gasteiger partial charge in [0.1, 0.15) is 5.75 Å². The van der Waals surface area contributed by atoms with Gasteiger partial charge in [0.05, 0.1) is 7.11 Å². The number of carbonyl (C=O) groups excluding carboxylic acids is 1. The fourth-order valence-corrected chi connectivity index (χ4v) is 2.83. The van der Waals surface area contributed by atoms with Gasteiger partial charge in [-0.25, -0.2) is 0 Å². The molecule has 0 bridgehead atoms. The Balaban J connectivity index is 2.15. The molecule has 2 aromatic rings. The molecule has 1 aliphatic rings. The Morgan fingerprint density at radius 2 is 2.05 bits per heavy atom. The van der Waals surface area contributed by atoms with Crippen LogP contribution in [-0.2, 0) is 4.79 Å². The second-order valence-corrected chi connectivity index (χ2v) is 5.94. The molecule has 0 unspecified atom stereocenters.